The van der Waals surface area contributed by atoms with Gasteiger partial charge in [0, 0.05) is 12.1 Å². The lowest BCUT2D eigenvalue weighted by atomic mass is 9.99. The number of halogens is 4. The first-order valence-electron chi connectivity index (χ1n) is 10.9. The van der Waals surface area contributed by atoms with E-state index in [-0.39, 0.29) is 39.8 Å². The van der Waals surface area contributed by atoms with Crippen molar-refractivity contribution in [2.45, 2.75) is 32.6 Å². The Kier molecular flexibility index (Phi) is 6.86. The normalized spacial score (nSPS) is 17.6. The molecule has 1 saturated heterocycles. The fraction of sp³-hybridized carbons (Fsp3) is 0.231. The number of benzene rings is 2. The number of alkyl halides is 3. The molecule has 0 saturated carbocycles. The topological polar surface area (TPSA) is 80.0 Å². The molecule has 1 atom stereocenters. The Labute approximate surface area is 209 Å². The maximum Gasteiger partial charge on any atom is 0.416 e. The van der Waals surface area contributed by atoms with E-state index in [1.54, 1.807) is 26.0 Å². The number of ketones is 1. The summed E-state index contributed by atoms with van der Waals surface area (Å²) in [6.45, 7) is 3.40. The fourth-order valence-electron chi connectivity index (χ4n) is 4.05. The molecule has 1 fully saturated rings. The van der Waals surface area contributed by atoms with Crippen LogP contribution >= 0.6 is 11.6 Å². The van der Waals surface area contributed by atoms with Crippen LogP contribution in [0.3, 0.4) is 0 Å². The lowest BCUT2D eigenvalue weighted by Gasteiger charge is -2.24. The molecule has 36 heavy (non-hydrogen) atoms. The Morgan fingerprint density at radius 2 is 1.89 bits per heavy atom. The first-order valence-corrected chi connectivity index (χ1v) is 11.3. The van der Waals surface area contributed by atoms with Crippen LogP contribution < -0.4 is 4.74 Å². The maximum atomic E-state index is 13.2. The van der Waals surface area contributed by atoms with Gasteiger partial charge in [0.25, 0.3) is 11.7 Å². The number of aryl methyl sites for hydroxylation is 1. The number of carbonyl (C=O) groups is 2. The van der Waals surface area contributed by atoms with Crippen LogP contribution in [0.1, 0.15) is 41.2 Å². The molecule has 1 N–H and O–H groups in total. The molecule has 1 aromatic heterocycles. The largest absolute Gasteiger partial charge is 0.507 e. The summed E-state index contributed by atoms with van der Waals surface area (Å²) in [4.78, 5) is 27.3. The number of aliphatic hydroxyl groups excluding tert-OH is 1. The van der Waals surface area contributed by atoms with E-state index in [1.807, 2.05) is 0 Å². The molecule has 0 radical (unpaired) electrons. The van der Waals surface area contributed by atoms with E-state index in [0.29, 0.717) is 12.4 Å². The zero-order valence-electron chi connectivity index (χ0n) is 19.2. The quantitative estimate of drug-likeness (QED) is 0.235. The smallest absolute Gasteiger partial charge is 0.416 e. The molecule has 10 heteroatoms. The molecular weight excluding hydrogens is 499 g/mol. The highest BCUT2D eigenvalue weighted by Gasteiger charge is 2.47. The molecule has 3 aromatic rings. The summed E-state index contributed by atoms with van der Waals surface area (Å²) in [5, 5.41) is 11.4. The van der Waals surface area contributed by atoms with Crippen LogP contribution in [0.5, 0.6) is 5.75 Å². The predicted molar refractivity (Wildman–Crippen MR) is 125 cm³/mol. The standard InChI is InChI=1S/C26H21ClF3NO5/c1-3-35-20-12-16(8-9-18(20)27)23(32)21-22(19-10-7-14(2)36-19)31(25(34)24(21)33)13-15-5-4-6-17(11-15)26(28,29)30/h4-12,22,32H,3,13H2,1-2H3/b23-21-. The number of furan rings is 1. The predicted octanol–water partition coefficient (Wildman–Crippen LogP) is 6.28. The summed E-state index contributed by atoms with van der Waals surface area (Å²) < 4.78 is 50.8. The number of aliphatic hydroxyl groups is 1. The number of hydrogen-bond acceptors (Lipinski definition) is 5. The van der Waals surface area contributed by atoms with Crippen molar-refractivity contribution in [1.29, 1.82) is 0 Å². The molecular formula is C26H21ClF3NO5. The van der Waals surface area contributed by atoms with Gasteiger partial charge in [-0.15, -0.1) is 0 Å². The number of carbonyl (C=O) groups excluding carboxylic acids is 2. The number of nitrogens with zero attached hydrogens (tertiary/aromatic N) is 1. The molecule has 1 amide bonds. The average molecular weight is 520 g/mol. The fourth-order valence-corrected chi connectivity index (χ4v) is 4.23. The highest BCUT2D eigenvalue weighted by atomic mass is 35.5. The molecule has 0 aliphatic carbocycles. The molecule has 1 aliphatic heterocycles. The lowest BCUT2D eigenvalue weighted by Crippen LogP contribution is -2.29. The number of rotatable bonds is 6. The minimum Gasteiger partial charge on any atom is -0.507 e. The minimum absolute atomic E-state index is 0.158. The summed E-state index contributed by atoms with van der Waals surface area (Å²) in [5.74, 6) is -1.53. The molecule has 1 aliphatic rings. The first kappa shape index (κ1) is 25.4. The van der Waals surface area contributed by atoms with Crippen molar-refractivity contribution in [2.24, 2.45) is 0 Å². The van der Waals surface area contributed by atoms with Gasteiger partial charge in [-0.25, -0.2) is 0 Å². The van der Waals surface area contributed by atoms with Crippen molar-refractivity contribution in [2.75, 3.05) is 6.61 Å². The lowest BCUT2D eigenvalue weighted by molar-refractivity contribution is -0.140. The highest BCUT2D eigenvalue weighted by molar-refractivity contribution is 6.46. The van der Waals surface area contributed by atoms with Crippen molar-refractivity contribution in [3.05, 3.63) is 93.4 Å². The van der Waals surface area contributed by atoms with Gasteiger partial charge in [-0.3, -0.25) is 9.59 Å². The van der Waals surface area contributed by atoms with Gasteiger partial charge < -0.3 is 19.2 Å². The van der Waals surface area contributed by atoms with E-state index in [2.05, 4.69) is 0 Å². The Bertz CT molecular complexity index is 1360. The van der Waals surface area contributed by atoms with Gasteiger partial charge in [-0.1, -0.05) is 23.7 Å². The molecule has 0 spiro atoms. The average Bonchev–Trinajstić information content (AvgIpc) is 3.36. The number of Topliss-reactive ketones (excluding diaryl/α,β-unsaturated/α-hetero) is 1. The van der Waals surface area contributed by atoms with E-state index in [0.717, 1.165) is 17.0 Å². The molecule has 4 rings (SSSR count). The number of hydrogen-bond donors (Lipinski definition) is 1. The molecule has 0 bridgehead atoms. The van der Waals surface area contributed by atoms with E-state index < -0.39 is 35.2 Å². The second kappa shape index (κ2) is 9.73. The van der Waals surface area contributed by atoms with E-state index in [9.17, 15) is 27.9 Å². The van der Waals surface area contributed by atoms with Crippen molar-refractivity contribution < 1.29 is 37.0 Å². The highest BCUT2D eigenvalue weighted by Crippen LogP contribution is 2.42. The molecule has 2 heterocycles. The third-order valence-corrected chi connectivity index (χ3v) is 5.99. The van der Waals surface area contributed by atoms with Gasteiger partial charge in [0.15, 0.2) is 0 Å². The summed E-state index contributed by atoms with van der Waals surface area (Å²) in [6, 6.07) is 10.9. The number of ether oxygens (including phenoxy) is 1. The molecule has 1 unspecified atom stereocenters. The monoisotopic (exact) mass is 519 g/mol. The molecule has 188 valence electrons. The van der Waals surface area contributed by atoms with E-state index in [1.165, 1.54) is 30.3 Å². The Morgan fingerprint density at radius 3 is 2.53 bits per heavy atom. The third kappa shape index (κ3) is 4.83. The Morgan fingerprint density at radius 1 is 1.14 bits per heavy atom. The van der Waals surface area contributed by atoms with Gasteiger partial charge >= 0.3 is 6.18 Å². The molecule has 2 aromatic carbocycles. The first-order chi connectivity index (χ1) is 17.0. The third-order valence-electron chi connectivity index (χ3n) is 5.68. The van der Waals surface area contributed by atoms with Gasteiger partial charge in [0.05, 0.1) is 22.8 Å². The van der Waals surface area contributed by atoms with E-state index in [4.69, 9.17) is 20.8 Å². The zero-order valence-corrected chi connectivity index (χ0v) is 20.0. The van der Waals surface area contributed by atoms with Crippen LogP contribution in [0.25, 0.3) is 5.76 Å². The second-order valence-electron chi connectivity index (χ2n) is 8.15. The van der Waals surface area contributed by atoms with Crippen LogP contribution in [0.2, 0.25) is 5.02 Å². The Hall–Kier alpha value is -3.72. The summed E-state index contributed by atoms with van der Waals surface area (Å²) in [7, 11) is 0. The van der Waals surface area contributed by atoms with Crippen molar-refractivity contribution in [1.82, 2.24) is 4.90 Å². The van der Waals surface area contributed by atoms with Crippen molar-refractivity contribution in [3.63, 3.8) is 0 Å². The number of amides is 1. The van der Waals surface area contributed by atoms with Gasteiger partial charge in [-0.2, -0.15) is 13.2 Å². The Balaban J connectivity index is 1.83. The van der Waals surface area contributed by atoms with Crippen molar-refractivity contribution >= 4 is 29.1 Å². The van der Waals surface area contributed by atoms with Crippen LogP contribution in [-0.2, 0) is 22.3 Å². The van der Waals surface area contributed by atoms with Crippen LogP contribution in [-0.4, -0.2) is 28.3 Å². The van der Waals surface area contributed by atoms with Crippen LogP contribution in [0.15, 0.2) is 64.6 Å². The van der Waals surface area contributed by atoms with Gasteiger partial charge in [-0.05, 0) is 61.9 Å². The summed E-state index contributed by atoms with van der Waals surface area (Å²) in [5.41, 5.74) is -0.809. The molecule has 6 nitrogen and oxygen atoms in total. The zero-order chi connectivity index (χ0) is 26.2. The maximum absolute atomic E-state index is 13.2. The van der Waals surface area contributed by atoms with Crippen molar-refractivity contribution in [3.8, 4) is 5.75 Å². The van der Waals surface area contributed by atoms with Gasteiger partial charge in [0.1, 0.15) is 29.1 Å². The second-order valence-corrected chi connectivity index (χ2v) is 8.56. The summed E-state index contributed by atoms with van der Waals surface area (Å²) >= 11 is 6.13. The SMILES string of the molecule is CCOc1cc(/C(O)=C2/C(=O)C(=O)N(Cc3cccc(C(F)(F)F)c3)C2c2ccc(C)o2)ccc1Cl. The van der Waals surface area contributed by atoms with E-state index >= 15 is 0 Å². The summed E-state index contributed by atoms with van der Waals surface area (Å²) in [6.07, 6.45) is -4.57. The number of likely N-dealkylation sites (tertiary alicyclic amines) is 1. The van der Waals surface area contributed by atoms with Crippen LogP contribution in [0.4, 0.5) is 13.2 Å². The van der Waals surface area contributed by atoms with Crippen LogP contribution in [0, 0.1) is 6.92 Å². The minimum atomic E-state index is -4.57. The van der Waals surface area contributed by atoms with Gasteiger partial charge in [0.2, 0.25) is 0 Å².